The lowest BCUT2D eigenvalue weighted by Crippen LogP contribution is -2.25. The molecule has 0 aliphatic rings. The number of H-pyrrole nitrogens is 1. The normalized spacial score (nSPS) is 12.1. The van der Waals surface area contributed by atoms with E-state index in [2.05, 4.69) is 25.3 Å². The predicted molar refractivity (Wildman–Crippen MR) is 151 cm³/mol. The minimum atomic E-state index is -5.07. The molecule has 0 fully saturated rings. The number of fused-ring (bicyclic) bond motifs is 1. The van der Waals surface area contributed by atoms with Crippen LogP contribution >= 0.6 is 0 Å². The molecule has 0 aliphatic heterocycles. The minimum absolute atomic E-state index is 0.0579. The van der Waals surface area contributed by atoms with Crippen LogP contribution in [0.3, 0.4) is 0 Å². The van der Waals surface area contributed by atoms with E-state index < -0.39 is 30.6 Å². The lowest BCUT2D eigenvalue weighted by Gasteiger charge is -2.16. The smallest absolute Gasteiger partial charge is 0.481 e. The van der Waals surface area contributed by atoms with Crippen LogP contribution in [0.1, 0.15) is 41.9 Å². The Balaban J connectivity index is 1.33. The number of carboxylic acid groups (broad SMARTS) is 1. The Morgan fingerprint density at radius 3 is 2.48 bits per heavy atom. The molecule has 0 saturated carbocycles. The van der Waals surface area contributed by atoms with Crippen LogP contribution in [0.4, 0.5) is 30.5 Å². The van der Waals surface area contributed by atoms with Crippen LogP contribution < -0.4 is 10.6 Å². The highest BCUT2D eigenvalue weighted by atomic mass is 19.4. The van der Waals surface area contributed by atoms with Crippen LogP contribution in [-0.4, -0.2) is 45.7 Å². The van der Waals surface area contributed by atoms with E-state index in [1.165, 1.54) is 0 Å². The number of hydrogen-bond acceptors (Lipinski definition) is 6. The maximum atomic E-state index is 12.7. The fourth-order valence-corrected chi connectivity index (χ4v) is 4.47. The summed E-state index contributed by atoms with van der Waals surface area (Å²) in [4.78, 5) is 42.7. The van der Waals surface area contributed by atoms with E-state index in [0.29, 0.717) is 17.2 Å². The number of carbonyl (C=O) groups excluding carboxylic acids is 2. The van der Waals surface area contributed by atoms with Crippen molar-refractivity contribution in [2.75, 3.05) is 17.2 Å². The number of amides is 1. The molecule has 0 radical (unpaired) electrons. The molecule has 1 aromatic heterocycles. The van der Waals surface area contributed by atoms with Gasteiger partial charge in [0.15, 0.2) is 0 Å². The van der Waals surface area contributed by atoms with Gasteiger partial charge < -0.3 is 25.5 Å². The molecule has 4 rings (SSSR count). The summed E-state index contributed by atoms with van der Waals surface area (Å²) in [7, 11) is 0. The molecule has 3 aromatic carbocycles. The Morgan fingerprint density at radius 1 is 1.05 bits per heavy atom. The van der Waals surface area contributed by atoms with Crippen LogP contribution in [0.25, 0.3) is 11.0 Å². The molecular formula is C30H29F3N4O5. The van der Waals surface area contributed by atoms with E-state index in [1.54, 1.807) is 24.3 Å². The summed E-state index contributed by atoms with van der Waals surface area (Å²) in [6, 6.07) is 19.9. The third-order valence-corrected chi connectivity index (χ3v) is 6.56. The standard InChI is InChI=1S/C30H29F3N4O5/c1-18-5-2-3-7-23(18)35-29-36-24-13-8-19(15-25(24)37-29)16-26(38)34-22-11-9-20(10-12-22)21(17-27(39)40)6-4-14-42-28(41)30(31,32)33/h2-3,5,7-13,15,21H,4,6,14,16-17H2,1H3,(H,34,38)(H,39,40)(H2,35,36,37). The molecule has 0 aliphatic carbocycles. The molecule has 1 unspecified atom stereocenters. The van der Waals surface area contributed by atoms with Crippen LogP contribution in [0.2, 0.25) is 0 Å². The number of aryl methyl sites for hydroxylation is 1. The summed E-state index contributed by atoms with van der Waals surface area (Å²) in [5.41, 5.74) is 5.45. The van der Waals surface area contributed by atoms with Crippen molar-refractivity contribution in [2.45, 2.75) is 44.7 Å². The van der Waals surface area contributed by atoms with Crippen molar-refractivity contribution >= 4 is 46.2 Å². The molecule has 9 nitrogen and oxygen atoms in total. The van der Waals surface area contributed by atoms with Gasteiger partial charge in [0.05, 0.1) is 30.5 Å². The van der Waals surface area contributed by atoms with E-state index in [0.717, 1.165) is 27.8 Å². The lowest BCUT2D eigenvalue weighted by molar-refractivity contribution is -0.199. The van der Waals surface area contributed by atoms with Crippen LogP contribution in [0.15, 0.2) is 66.7 Å². The topological polar surface area (TPSA) is 133 Å². The zero-order chi connectivity index (χ0) is 30.3. The van der Waals surface area contributed by atoms with Gasteiger partial charge in [-0.1, -0.05) is 36.4 Å². The average Bonchev–Trinajstić information content (AvgIpc) is 3.33. The Kier molecular flexibility index (Phi) is 9.46. The highest BCUT2D eigenvalue weighted by molar-refractivity contribution is 5.93. The summed E-state index contributed by atoms with van der Waals surface area (Å²) in [5.74, 6) is -3.53. The highest BCUT2D eigenvalue weighted by Crippen LogP contribution is 2.27. The second kappa shape index (κ2) is 13.2. The SMILES string of the molecule is Cc1ccccc1Nc1nc2ccc(CC(=O)Nc3ccc(C(CCCOC(=O)C(F)(F)F)CC(=O)O)cc3)cc2[nH]1. The first-order valence-electron chi connectivity index (χ1n) is 13.1. The second-order valence-electron chi connectivity index (χ2n) is 9.79. The van der Waals surface area contributed by atoms with Crippen LogP contribution in [-0.2, 0) is 25.5 Å². The van der Waals surface area contributed by atoms with Crippen molar-refractivity contribution in [3.8, 4) is 0 Å². The fraction of sp³-hybridized carbons (Fsp3) is 0.267. The van der Waals surface area contributed by atoms with E-state index in [1.807, 2.05) is 49.4 Å². The Morgan fingerprint density at radius 2 is 1.79 bits per heavy atom. The number of benzene rings is 3. The maximum Gasteiger partial charge on any atom is 0.490 e. The summed E-state index contributed by atoms with van der Waals surface area (Å²) < 4.78 is 41.0. The summed E-state index contributed by atoms with van der Waals surface area (Å²) in [6.45, 7) is 1.52. The number of carboxylic acids is 1. The Bertz CT molecular complexity index is 1570. The molecule has 4 N–H and O–H groups in total. The van der Waals surface area contributed by atoms with Gasteiger partial charge in [-0.15, -0.1) is 0 Å². The van der Waals surface area contributed by atoms with Gasteiger partial charge in [0.1, 0.15) is 0 Å². The van der Waals surface area contributed by atoms with Crippen molar-refractivity contribution in [3.63, 3.8) is 0 Å². The number of aromatic nitrogens is 2. The van der Waals surface area contributed by atoms with Crippen molar-refractivity contribution < 1.29 is 37.4 Å². The number of anilines is 3. The van der Waals surface area contributed by atoms with Gasteiger partial charge in [-0.2, -0.15) is 13.2 Å². The third kappa shape index (κ3) is 8.32. The number of aromatic amines is 1. The summed E-state index contributed by atoms with van der Waals surface area (Å²) >= 11 is 0. The summed E-state index contributed by atoms with van der Waals surface area (Å²) in [6.07, 6.45) is -4.97. The number of nitrogens with zero attached hydrogens (tertiary/aromatic N) is 1. The van der Waals surface area contributed by atoms with Gasteiger partial charge in [0.25, 0.3) is 0 Å². The number of carbonyl (C=O) groups is 3. The van der Waals surface area contributed by atoms with Gasteiger partial charge in [-0.25, -0.2) is 9.78 Å². The zero-order valence-electron chi connectivity index (χ0n) is 22.6. The molecule has 1 atom stereocenters. The predicted octanol–water partition coefficient (Wildman–Crippen LogP) is 6.24. The number of halogens is 3. The van der Waals surface area contributed by atoms with E-state index in [-0.39, 0.29) is 31.6 Å². The third-order valence-electron chi connectivity index (χ3n) is 6.56. The minimum Gasteiger partial charge on any atom is -0.481 e. The number of rotatable bonds is 12. The maximum absolute atomic E-state index is 12.7. The molecule has 0 bridgehead atoms. The molecule has 42 heavy (non-hydrogen) atoms. The molecule has 12 heteroatoms. The van der Waals surface area contributed by atoms with Gasteiger partial charge in [-0.3, -0.25) is 9.59 Å². The van der Waals surface area contributed by atoms with Crippen molar-refractivity contribution in [2.24, 2.45) is 0 Å². The first kappa shape index (κ1) is 30.1. The molecule has 0 saturated heterocycles. The molecule has 4 aromatic rings. The summed E-state index contributed by atoms with van der Waals surface area (Å²) in [5, 5.41) is 15.3. The quantitative estimate of drug-likeness (QED) is 0.115. The highest BCUT2D eigenvalue weighted by Gasteiger charge is 2.40. The van der Waals surface area contributed by atoms with E-state index >= 15 is 0 Å². The number of para-hydroxylation sites is 1. The molecule has 0 spiro atoms. The van der Waals surface area contributed by atoms with Gasteiger partial charge in [0, 0.05) is 11.4 Å². The average molecular weight is 583 g/mol. The van der Waals surface area contributed by atoms with E-state index in [4.69, 9.17) is 0 Å². The number of aliphatic carboxylic acids is 1. The number of alkyl halides is 3. The molecular weight excluding hydrogens is 553 g/mol. The van der Waals surface area contributed by atoms with Crippen molar-refractivity contribution in [1.82, 2.24) is 9.97 Å². The second-order valence-corrected chi connectivity index (χ2v) is 9.79. The van der Waals surface area contributed by atoms with Gasteiger partial charge in [0.2, 0.25) is 11.9 Å². The first-order valence-corrected chi connectivity index (χ1v) is 13.1. The van der Waals surface area contributed by atoms with E-state index in [9.17, 15) is 32.7 Å². The van der Waals surface area contributed by atoms with Crippen LogP contribution in [0, 0.1) is 6.92 Å². The lowest BCUT2D eigenvalue weighted by atomic mass is 9.91. The zero-order valence-corrected chi connectivity index (χ0v) is 22.6. The monoisotopic (exact) mass is 582 g/mol. The fourth-order valence-electron chi connectivity index (χ4n) is 4.47. The van der Waals surface area contributed by atoms with Gasteiger partial charge >= 0.3 is 18.1 Å². The number of ether oxygens (including phenoxy) is 1. The number of imidazole rings is 1. The Hall–Kier alpha value is -4.87. The van der Waals surface area contributed by atoms with Crippen LogP contribution in [0.5, 0.6) is 0 Å². The number of nitrogens with one attached hydrogen (secondary N) is 3. The molecule has 220 valence electrons. The first-order chi connectivity index (χ1) is 20.0. The Labute approximate surface area is 239 Å². The van der Waals surface area contributed by atoms with Gasteiger partial charge in [-0.05, 0) is 72.7 Å². The van der Waals surface area contributed by atoms with Crippen molar-refractivity contribution in [1.29, 1.82) is 0 Å². The molecule has 1 amide bonds. The number of hydrogen-bond donors (Lipinski definition) is 4. The molecule has 1 heterocycles. The number of esters is 1. The van der Waals surface area contributed by atoms with Crippen molar-refractivity contribution in [3.05, 3.63) is 83.4 Å². The largest absolute Gasteiger partial charge is 0.490 e.